The maximum absolute atomic E-state index is 12.0. The quantitative estimate of drug-likeness (QED) is 0.720. The Hall–Kier alpha value is -3.15. The number of pyridine rings is 1. The van der Waals surface area contributed by atoms with E-state index in [4.69, 9.17) is 10.2 Å². The third-order valence-corrected chi connectivity index (χ3v) is 3.05. The van der Waals surface area contributed by atoms with Gasteiger partial charge in [0.05, 0.1) is 12.2 Å². The van der Waals surface area contributed by atoms with Crippen LogP contribution < -0.4 is 11.1 Å². The van der Waals surface area contributed by atoms with Crippen molar-refractivity contribution in [1.82, 2.24) is 15.3 Å². The third kappa shape index (κ3) is 3.12. The van der Waals surface area contributed by atoms with E-state index in [1.807, 2.05) is 18.2 Å². The lowest BCUT2D eigenvalue weighted by molar-refractivity contribution is 0.0945. The topological polar surface area (TPSA) is 94.0 Å². The summed E-state index contributed by atoms with van der Waals surface area (Å²) >= 11 is 0. The van der Waals surface area contributed by atoms with Crippen LogP contribution in [0.4, 0.5) is 5.69 Å². The van der Waals surface area contributed by atoms with Gasteiger partial charge in [0.2, 0.25) is 5.89 Å². The predicted molar refractivity (Wildman–Crippen MR) is 81.8 cm³/mol. The molecule has 3 N–H and O–H groups in total. The number of hydrogen-bond acceptors (Lipinski definition) is 5. The van der Waals surface area contributed by atoms with E-state index in [9.17, 15) is 4.79 Å². The number of rotatable bonds is 4. The Labute approximate surface area is 127 Å². The minimum absolute atomic E-state index is 0.225. The number of benzene rings is 1. The van der Waals surface area contributed by atoms with Gasteiger partial charge in [0.15, 0.2) is 5.69 Å². The molecule has 0 bridgehead atoms. The number of nitrogen functional groups attached to an aromatic ring is 1. The molecule has 0 fully saturated rings. The van der Waals surface area contributed by atoms with E-state index in [2.05, 4.69) is 15.3 Å². The lowest BCUT2D eigenvalue weighted by atomic mass is 10.2. The Morgan fingerprint density at radius 3 is 2.73 bits per heavy atom. The zero-order chi connectivity index (χ0) is 15.4. The number of nitrogens with two attached hydrogens (primary N) is 1. The second-order valence-corrected chi connectivity index (χ2v) is 4.66. The summed E-state index contributed by atoms with van der Waals surface area (Å²) in [4.78, 5) is 20.4. The zero-order valence-corrected chi connectivity index (χ0v) is 11.7. The first-order chi connectivity index (χ1) is 10.7. The normalized spacial score (nSPS) is 10.4. The van der Waals surface area contributed by atoms with Crippen LogP contribution in [0.3, 0.4) is 0 Å². The highest BCUT2D eigenvalue weighted by molar-refractivity contribution is 5.92. The molecule has 0 atom stereocenters. The molecule has 2 aromatic heterocycles. The minimum atomic E-state index is -0.309. The smallest absolute Gasteiger partial charge is 0.273 e. The molecule has 0 unspecified atom stereocenters. The lowest BCUT2D eigenvalue weighted by Crippen LogP contribution is -2.23. The SMILES string of the molecule is Nc1ccc(-c2nc(C(=O)NCc3ccccn3)co2)cc1. The van der Waals surface area contributed by atoms with Crippen molar-refractivity contribution in [1.29, 1.82) is 0 Å². The largest absolute Gasteiger partial charge is 0.444 e. The summed E-state index contributed by atoms with van der Waals surface area (Å²) < 4.78 is 5.34. The van der Waals surface area contributed by atoms with Crippen LogP contribution in [-0.4, -0.2) is 15.9 Å². The standard InChI is InChI=1S/C16H14N4O2/c17-12-6-4-11(5-7-12)16-20-14(10-22-16)15(21)19-9-13-3-1-2-8-18-13/h1-8,10H,9,17H2,(H,19,21). The average molecular weight is 294 g/mol. The number of nitrogens with one attached hydrogen (secondary N) is 1. The van der Waals surface area contributed by atoms with E-state index >= 15 is 0 Å². The number of hydrogen-bond donors (Lipinski definition) is 2. The van der Waals surface area contributed by atoms with Gasteiger partial charge >= 0.3 is 0 Å². The van der Waals surface area contributed by atoms with Crippen molar-refractivity contribution >= 4 is 11.6 Å². The van der Waals surface area contributed by atoms with Crippen LogP contribution in [0.25, 0.3) is 11.5 Å². The molecule has 0 spiro atoms. The molecule has 3 rings (SSSR count). The minimum Gasteiger partial charge on any atom is -0.444 e. The molecule has 2 heterocycles. The van der Waals surface area contributed by atoms with Crippen molar-refractivity contribution in [2.75, 3.05) is 5.73 Å². The number of aromatic nitrogens is 2. The highest BCUT2D eigenvalue weighted by atomic mass is 16.3. The molecular weight excluding hydrogens is 280 g/mol. The first-order valence-electron chi connectivity index (χ1n) is 6.72. The number of carbonyl (C=O) groups is 1. The third-order valence-electron chi connectivity index (χ3n) is 3.05. The van der Waals surface area contributed by atoms with Gasteiger partial charge in [-0.1, -0.05) is 6.07 Å². The summed E-state index contributed by atoms with van der Waals surface area (Å²) in [6.07, 6.45) is 3.01. The second-order valence-electron chi connectivity index (χ2n) is 4.66. The zero-order valence-electron chi connectivity index (χ0n) is 11.7. The highest BCUT2D eigenvalue weighted by Crippen LogP contribution is 2.19. The molecule has 110 valence electrons. The van der Waals surface area contributed by atoms with Crippen LogP contribution in [0.5, 0.6) is 0 Å². The Morgan fingerprint density at radius 2 is 2.00 bits per heavy atom. The Kier molecular flexibility index (Phi) is 3.82. The number of carbonyl (C=O) groups excluding carboxylic acids is 1. The van der Waals surface area contributed by atoms with Gasteiger partial charge in [0, 0.05) is 17.4 Å². The first kappa shape index (κ1) is 13.8. The van der Waals surface area contributed by atoms with E-state index in [0.29, 0.717) is 18.1 Å². The van der Waals surface area contributed by atoms with Gasteiger partial charge in [-0.2, -0.15) is 0 Å². The molecule has 0 aliphatic carbocycles. The van der Waals surface area contributed by atoms with Crippen molar-refractivity contribution < 1.29 is 9.21 Å². The van der Waals surface area contributed by atoms with Crippen molar-refractivity contribution in [3.8, 4) is 11.5 Å². The van der Waals surface area contributed by atoms with Crippen molar-refractivity contribution in [3.05, 3.63) is 66.3 Å². The fraction of sp³-hybridized carbons (Fsp3) is 0.0625. The summed E-state index contributed by atoms with van der Waals surface area (Å²) in [6, 6.07) is 12.6. The molecule has 22 heavy (non-hydrogen) atoms. The van der Waals surface area contributed by atoms with Crippen LogP contribution in [0, 0.1) is 0 Å². The molecule has 0 saturated carbocycles. The predicted octanol–water partition coefficient (Wildman–Crippen LogP) is 2.25. The number of oxazole rings is 1. The average Bonchev–Trinajstić information content (AvgIpc) is 3.04. The fourth-order valence-electron chi connectivity index (χ4n) is 1.90. The van der Waals surface area contributed by atoms with Crippen molar-refractivity contribution in [2.24, 2.45) is 0 Å². The fourth-order valence-corrected chi connectivity index (χ4v) is 1.90. The van der Waals surface area contributed by atoms with Crippen LogP contribution in [0.1, 0.15) is 16.2 Å². The molecule has 3 aromatic rings. The Morgan fingerprint density at radius 1 is 1.18 bits per heavy atom. The van der Waals surface area contributed by atoms with Crippen molar-refractivity contribution in [3.63, 3.8) is 0 Å². The molecule has 1 amide bonds. The summed E-state index contributed by atoms with van der Waals surface area (Å²) in [5, 5.41) is 2.75. The van der Waals surface area contributed by atoms with Gasteiger partial charge < -0.3 is 15.5 Å². The summed E-state index contributed by atoms with van der Waals surface area (Å²) in [6.45, 7) is 0.337. The van der Waals surface area contributed by atoms with Crippen LogP contribution in [0.2, 0.25) is 0 Å². The highest BCUT2D eigenvalue weighted by Gasteiger charge is 2.13. The molecule has 0 aliphatic rings. The summed E-state index contributed by atoms with van der Waals surface area (Å²) in [5.74, 6) is 0.0686. The van der Waals surface area contributed by atoms with Gasteiger partial charge in [0.1, 0.15) is 6.26 Å². The molecule has 6 nitrogen and oxygen atoms in total. The Balaban J connectivity index is 1.68. The molecular formula is C16H14N4O2. The monoisotopic (exact) mass is 294 g/mol. The van der Waals surface area contributed by atoms with Gasteiger partial charge in [-0.25, -0.2) is 4.98 Å². The second kappa shape index (κ2) is 6.09. The van der Waals surface area contributed by atoms with E-state index in [1.165, 1.54) is 6.26 Å². The number of nitrogens with zero attached hydrogens (tertiary/aromatic N) is 2. The van der Waals surface area contributed by atoms with Gasteiger partial charge in [0.25, 0.3) is 5.91 Å². The van der Waals surface area contributed by atoms with E-state index in [0.717, 1.165) is 11.3 Å². The number of amides is 1. The molecule has 6 heteroatoms. The summed E-state index contributed by atoms with van der Waals surface area (Å²) in [5.41, 5.74) is 8.05. The van der Waals surface area contributed by atoms with Crippen LogP contribution in [0.15, 0.2) is 59.3 Å². The molecule has 0 saturated heterocycles. The van der Waals surface area contributed by atoms with Crippen molar-refractivity contribution in [2.45, 2.75) is 6.54 Å². The van der Waals surface area contributed by atoms with Crippen LogP contribution in [-0.2, 0) is 6.54 Å². The van der Waals surface area contributed by atoms with E-state index in [1.54, 1.807) is 30.5 Å². The van der Waals surface area contributed by atoms with Gasteiger partial charge in [-0.3, -0.25) is 9.78 Å². The first-order valence-corrected chi connectivity index (χ1v) is 6.72. The van der Waals surface area contributed by atoms with E-state index < -0.39 is 0 Å². The van der Waals surface area contributed by atoms with E-state index in [-0.39, 0.29) is 11.6 Å². The Bertz CT molecular complexity index is 766. The molecule has 0 aliphatic heterocycles. The molecule has 0 radical (unpaired) electrons. The lowest BCUT2D eigenvalue weighted by Gasteiger charge is -2.01. The number of anilines is 1. The maximum atomic E-state index is 12.0. The maximum Gasteiger partial charge on any atom is 0.273 e. The summed E-state index contributed by atoms with van der Waals surface area (Å²) in [7, 11) is 0. The molecule has 1 aromatic carbocycles. The van der Waals surface area contributed by atoms with Crippen LogP contribution >= 0.6 is 0 Å². The van der Waals surface area contributed by atoms with Gasteiger partial charge in [-0.15, -0.1) is 0 Å². The van der Waals surface area contributed by atoms with Gasteiger partial charge in [-0.05, 0) is 36.4 Å².